The summed E-state index contributed by atoms with van der Waals surface area (Å²) in [6.07, 6.45) is 4.00. The van der Waals surface area contributed by atoms with Crippen LogP contribution in [0.4, 0.5) is 5.69 Å². The van der Waals surface area contributed by atoms with E-state index < -0.39 is 0 Å². The van der Waals surface area contributed by atoms with Gasteiger partial charge >= 0.3 is 0 Å². The minimum absolute atomic E-state index is 0.167. The highest BCUT2D eigenvalue weighted by molar-refractivity contribution is 6.19. The van der Waals surface area contributed by atoms with Crippen molar-refractivity contribution in [1.29, 1.82) is 0 Å². The average Bonchev–Trinajstić information content (AvgIpc) is 2.92. The van der Waals surface area contributed by atoms with Gasteiger partial charge in [-0.1, -0.05) is 6.07 Å². The predicted molar refractivity (Wildman–Crippen MR) is 101 cm³/mol. The molecule has 3 rings (SSSR count). The predicted octanol–water partition coefficient (Wildman–Crippen LogP) is 2.54. The Balaban J connectivity index is 2.09. The van der Waals surface area contributed by atoms with Gasteiger partial charge in [0.1, 0.15) is 18.1 Å². The highest BCUT2D eigenvalue weighted by Gasteiger charge is 2.18. The third-order valence-electron chi connectivity index (χ3n) is 4.20. The van der Waals surface area contributed by atoms with E-state index in [0.717, 1.165) is 29.4 Å². The Bertz CT molecular complexity index is 951. The number of aliphatic hydroxyl groups excluding tert-OH is 1. The van der Waals surface area contributed by atoms with Gasteiger partial charge in [-0.2, -0.15) is 0 Å². The molecule has 2 heterocycles. The number of nitrogens with zero attached hydrogens (tertiary/aromatic N) is 4. The zero-order chi connectivity index (χ0) is 18.8. The molecule has 0 fully saturated rings. The zero-order valence-electron chi connectivity index (χ0n) is 15.4. The van der Waals surface area contributed by atoms with E-state index in [1.807, 2.05) is 45.0 Å². The SMILES string of the molecule is Cc1ccc2c(/N=C3\C=CC(=O)C=C3O)c(OCCN(C)C)nn2c1C. The molecule has 2 aromatic heterocycles. The van der Waals surface area contributed by atoms with Gasteiger partial charge in [0, 0.05) is 18.3 Å². The minimum atomic E-state index is -0.268. The van der Waals surface area contributed by atoms with Crippen LogP contribution in [0.25, 0.3) is 5.52 Å². The van der Waals surface area contributed by atoms with Gasteiger partial charge < -0.3 is 14.7 Å². The van der Waals surface area contributed by atoms with E-state index >= 15 is 0 Å². The molecule has 0 aromatic carbocycles. The number of aliphatic hydroxyl groups is 1. The summed E-state index contributed by atoms with van der Waals surface area (Å²) in [5.74, 6) is -0.0404. The van der Waals surface area contributed by atoms with Crippen molar-refractivity contribution in [2.75, 3.05) is 27.2 Å². The van der Waals surface area contributed by atoms with Crippen molar-refractivity contribution in [1.82, 2.24) is 14.5 Å². The van der Waals surface area contributed by atoms with Crippen LogP contribution >= 0.6 is 0 Å². The van der Waals surface area contributed by atoms with Crippen molar-refractivity contribution in [2.24, 2.45) is 4.99 Å². The van der Waals surface area contributed by atoms with Gasteiger partial charge in [-0.05, 0) is 51.7 Å². The van der Waals surface area contributed by atoms with Crippen LogP contribution in [-0.2, 0) is 4.79 Å². The van der Waals surface area contributed by atoms with E-state index in [0.29, 0.717) is 23.9 Å². The zero-order valence-corrected chi connectivity index (χ0v) is 15.4. The summed E-state index contributed by atoms with van der Waals surface area (Å²) >= 11 is 0. The standard InChI is InChI=1S/C19H22N4O3/c1-12-5-8-16-18(20-15-7-6-14(24)11-17(15)25)19(21-23(16)13(12)2)26-10-9-22(3)4/h5-8,11,25H,9-10H2,1-4H3/b20-15+. The smallest absolute Gasteiger partial charge is 0.260 e. The maximum Gasteiger partial charge on any atom is 0.260 e. The van der Waals surface area contributed by atoms with Crippen LogP contribution in [0.15, 0.2) is 41.1 Å². The molecule has 0 amide bonds. The highest BCUT2D eigenvalue weighted by Crippen LogP contribution is 2.34. The summed E-state index contributed by atoms with van der Waals surface area (Å²) in [4.78, 5) is 17.9. The van der Waals surface area contributed by atoms with Crippen LogP contribution in [-0.4, -0.2) is 58.4 Å². The van der Waals surface area contributed by atoms with E-state index in [1.54, 1.807) is 4.52 Å². The molecule has 136 valence electrons. The number of carbonyl (C=O) groups is 1. The Morgan fingerprint density at radius 1 is 1.27 bits per heavy atom. The van der Waals surface area contributed by atoms with Crippen LogP contribution < -0.4 is 4.74 Å². The molecule has 0 unspecified atom stereocenters. The quantitative estimate of drug-likeness (QED) is 0.835. The Hall–Kier alpha value is -2.93. The largest absolute Gasteiger partial charge is 0.506 e. The van der Waals surface area contributed by atoms with Crippen molar-refractivity contribution >= 4 is 22.7 Å². The molecule has 0 spiro atoms. The number of hydrogen-bond donors (Lipinski definition) is 1. The van der Waals surface area contributed by atoms with Crippen LogP contribution in [0.5, 0.6) is 5.88 Å². The van der Waals surface area contributed by atoms with Crippen LogP contribution in [0.3, 0.4) is 0 Å². The van der Waals surface area contributed by atoms with Gasteiger partial charge in [0.15, 0.2) is 11.5 Å². The molecule has 1 aliphatic rings. The second kappa shape index (κ2) is 7.13. The van der Waals surface area contributed by atoms with Gasteiger partial charge in [-0.3, -0.25) is 4.79 Å². The summed E-state index contributed by atoms with van der Waals surface area (Å²) in [6, 6.07) is 3.92. The molecule has 7 heteroatoms. The van der Waals surface area contributed by atoms with Crippen molar-refractivity contribution in [3.05, 3.63) is 47.4 Å². The summed E-state index contributed by atoms with van der Waals surface area (Å²) in [5, 5.41) is 14.6. The molecule has 0 bridgehead atoms. The van der Waals surface area contributed by atoms with Crippen molar-refractivity contribution in [2.45, 2.75) is 13.8 Å². The Kier molecular flexibility index (Phi) is 4.90. The molecule has 2 aromatic rings. The Labute approximate surface area is 151 Å². The van der Waals surface area contributed by atoms with Gasteiger partial charge in [-0.15, -0.1) is 5.10 Å². The molecule has 0 atom stereocenters. The fourth-order valence-corrected chi connectivity index (χ4v) is 2.54. The molecule has 1 aliphatic carbocycles. The monoisotopic (exact) mass is 354 g/mol. The molecule has 0 saturated heterocycles. The van der Waals surface area contributed by atoms with Crippen molar-refractivity contribution in [3.63, 3.8) is 0 Å². The summed E-state index contributed by atoms with van der Waals surface area (Å²) in [6.45, 7) is 5.19. The maximum absolute atomic E-state index is 11.4. The third kappa shape index (κ3) is 3.52. The van der Waals surface area contributed by atoms with E-state index in [-0.39, 0.29) is 11.5 Å². The fraction of sp³-hybridized carbons (Fsp3) is 0.316. The molecule has 0 radical (unpaired) electrons. The number of ether oxygens (including phenoxy) is 1. The van der Waals surface area contributed by atoms with Gasteiger partial charge in [-0.25, -0.2) is 9.51 Å². The third-order valence-corrected chi connectivity index (χ3v) is 4.20. The molecule has 1 N–H and O–H groups in total. The first kappa shape index (κ1) is 17.9. The summed E-state index contributed by atoms with van der Waals surface area (Å²) < 4.78 is 7.64. The first-order valence-corrected chi connectivity index (χ1v) is 8.35. The number of likely N-dealkylation sites (N-methyl/N-ethyl adjacent to an activating group) is 1. The number of aromatic nitrogens is 2. The molecule has 0 saturated carbocycles. The van der Waals surface area contributed by atoms with Crippen LogP contribution in [0, 0.1) is 13.8 Å². The van der Waals surface area contributed by atoms with E-state index in [9.17, 15) is 9.90 Å². The number of carbonyl (C=O) groups excluding carboxylic acids is 1. The lowest BCUT2D eigenvalue weighted by Gasteiger charge is -2.10. The number of ketones is 1. The van der Waals surface area contributed by atoms with Gasteiger partial charge in [0.05, 0.1) is 5.52 Å². The second-order valence-corrected chi connectivity index (χ2v) is 6.47. The summed E-state index contributed by atoms with van der Waals surface area (Å²) in [5.41, 5.74) is 3.69. The molecule has 26 heavy (non-hydrogen) atoms. The van der Waals surface area contributed by atoms with E-state index in [1.165, 1.54) is 12.2 Å². The normalized spacial score (nSPS) is 16.0. The average molecular weight is 354 g/mol. The lowest BCUT2D eigenvalue weighted by Crippen LogP contribution is -2.19. The fourth-order valence-electron chi connectivity index (χ4n) is 2.54. The number of rotatable bonds is 5. The number of aliphatic imine (C=N–C) groups is 1. The topological polar surface area (TPSA) is 79.4 Å². The number of pyridine rings is 1. The Morgan fingerprint density at radius 2 is 2.04 bits per heavy atom. The molecule has 0 aliphatic heterocycles. The number of hydrogen-bond acceptors (Lipinski definition) is 6. The highest BCUT2D eigenvalue weighted by atomic mass is 16.5. The number of fused-ring (bicyclic) bond motifs is 1. The summed E-state index contributed by atoms with van der Waals surface area (Å²) in [7, 11) is 3.93. The minimum Gasteiger partial charge on any atom is -0.506 e. The molecular weight excluding hydrogens is 332 g/mol. The van der Waals surface area contributed by atoms with Crippen LogP contribution in [0.1, 0.15) is 11.3 Å². The Morgan fingerprint density at radius 3 is 2.73 bits per heavy atom. The van der Waals surface area contributed by atoms with E-state index in [2.05, 4.69) is 10.1 Å². The second-order valence-electron chi connectivity index (χ2n) is 6.47. The molecule has 7 nitrogen and oxygen atoms in total. The first-order valence-electron chi connectivity index (χ1n) is 8.35. The molecular formula is C19H22N4O3. The van der Waals surface area contributed by atoms with Gasteiger partial charge in [0.2, 0.25) is 0 Å². The van der Waals surface area contributed by atoms with E-state index in [4.69, 9.17) is 4.74 Å². The first-order chi connectivity index (χ1) is 12.4. The van der Waals surface area contributed by atoms with Crippen molar-refractivity contribution < 1.29 is 14.6 Å². The van der Waals surface area contributed by atoms with Crippen molar-refractivity contribution in [3.8, 4) is 5.88 Å². The number of aryl methyl sites for hydroxylation is 2. The lowest BCUT2D eigenvalue weighted by molar-refractivity contribution is -0.110. The number of allylic oxidation sites excluding steroid dienone is 3. The van der Waals surface area contributed by atoms with Gasteiger partial charge in [0.25, 0.3) is 5.88 Å². The maximum atomic E-state index is 11.4. The van der Waals surface area contributed by atoms with Crippen LogP contribution in [0.2, 0.25) is 0 Å². The lowest BCUT2D eigenvalue weighted by atomic mass is 10.1.